The maximum Gasteiger partial charge on any atom is 0.258 e. The van der Waals surface area contributed by atoms with E-state index in [2.05, 4.69) is 4.90 Å². The van der Waals surface area contributed by atoms with E-state index < -0.39 is 0 Å². The Morgan fingerprint density at radius 3 is 2.34 bits per heavy atom. The number of hydrogen-bond donors (Lipinski definition) is 0. The lowest BCUT2D eigenvalue weighted by Crippen LogP contribution is -2.52. The maximum atomic E-state index is 13.0. The monoisotopic (exact) mass is 497 g/mol. The van der Waals surface area contributed by atoms with Crippen LogP contribution in [0.5, 0.6) is 11.5 Å². The van der Waals surface area contributed by atoms with Gasteiger partial charge in [-0.05, 0) is 68.1 Å². The molecule has 2 saturated heterocycles. The predicted octanol–water partition coefficient (Wildman–Crippen LogP) is 4.23. The first kappa shape index (κ1) is 23.9. The van der Waals surface area contributed by atoms with E-state index in [-0.39, 0.29) is 24.5 Å². The Kier molecular flexibility index (Phi) is 7.16. The molecule has 2 aromatic rings. The smallest absolute Gasteiger partial charge is 0.258 e. The third-order valence-corrected chi connectivity index (χ3v) is 7.66. The molecule has 0 radical (unpaired) electrons. The summed E-state index contributed by atoms with van der Waals surface area (Å²) in [6.45, 7) is 3.12. The first-order valence-electron chi connectivity index (χ1n) is 12.5. The molecule has 186 valence electrons. The lowest BCUT2D eigenvalue weighted by molar-refractivity contribution is -0.120. The number of likely N-dealkylation sites (tertiary alicyclic amines) is 1. The number of halogens is 1. The van der Waals surface area contributed by atoms with Crippen molar-refractivity contribution in [3.63, 3.8) is 0 Å². The van der Waals surface area contributed by atoms with E-state index in [1.54, 1.807) is 28.0 Å². The van der Waals surface area contributed by atoms with Crippen LogP contribution in [-0.4, -0.2) is 73.6 Å². The van der Waals surface area contributed by atoms with E-state index in [1.165, 1.54) is 26.4 Å². The van der Waals surface area contributed by atoms with Crippen LogP contribution in [0.15, 0.2) is 42.5 Å². The van der Waals surface area contributed by atoms with Crippen LogP contribution in [0, 0.1) is 0 Å². The molecule has 2 aromatic carbocycles. The highest BCUT2D eigenvalue weighted by Crippen LogP contribution is 2.30. The van der Waals surface area contributed by atoms with Crippen LogP contribution in [0.4, 0.5) is 5.69 Å². The summed E-state index contributed by atoms with van der Waals surface area (Å²) in [6.07, 6.45) is 6.44. The summed E-state index contributed by atoms with van der Waals surface area (Å²) in [4.78, 5) is 31.8. The molecule has 1 saturated carbocycles. The molecule has 0 atom stereocenters. The van der Waals surface area contributed by atoms with Gasteiger partial charge < -0.3 is 24.2 Å². The summed E-state index contributed by atoms with van der Waals surface area (Å²) in [6, 6.07) is 13.4. The van der Waals surface area contributed by atoms with Crippen molar-refractivity contribution in [3.05, 3.63) is 53.1 Å². The van der Waals surface area contributed by atoms with E-state index in [0.717, 1.165) is 43.4 Å². The summed E-state index contributed by atoms with van der Waals surface area (Å²) < 4.78 is 11.5. The van der Waals surface area contributed by atoms with E-state index in [4.69, 9.17) is 21.1 Å². The molecule has 3 aliphatic rings. The van der Waals surface area contributed by atoms with Crippen molar-refractivity contribution in [1.29, 1.82) is 0 Å². The average molecular weight is 498 g/mol. The van der Waals surface area contributed by atoms with Gasteiger partial charge in [-0.1, -0.05) is 18.0 Å². The van der Waals surface area contributed by atoms with Gasteiger partial charge in [0.1, 0.15) is 24.1 Å². The fraction of sp³-hybridized carbons (Fsp3) is 0.481. The van der Waals surface area contributed by atoms with Crippen molar-refractivity contribution >= 4 is 29.1 Å². The zero-order valence-electron chi connectivity index (χ0n) is 20.1. The number of piperidine rings is 1. The number of benzene rings is 2. The molecule has 0 bridgehead atoms. The molecular formula is C27H32ClN3O4. The second kappa shape index (κ2) is 10.5. The van der Waals surface area contributed by atoms with Gasteiger partial charge in [-0.25, -0.2) is 0 Å². The molecule has 1 aliphatic carbocycles. The first-order valence-corrected chi connectivity index (χ1v) is 12.8. The third kappa shape index (κ3) is 5.26. The first-order chi connectivity index (χ1) is 17.0. The van der Waals surface area contributed by atoms with Gasteiger partial charge in [-0.15, -0.1) is 0 Å². The molecule has 35 heavy (non-hydrogen) atoms. The summed E-state index contributed by atoms with van der Waals surface area (Å²) >= 11 is 6.01. The molecule has 0 spiro atoms. The Bertz CT molecular complexity index is 1060. The molecule has 2 amide bonds. The Morgan fingerprint density at radius 1 is 0.971 bits per heavy atom. The summed E-state index contributed by atoms with van der Waals surface area (Å²) in [7, 11) is 1.50. The van der Waals surface area contributed by atoms with Crippen molar-refractivity contribution in [3.8, 4) is 11.5 Å². The molecule has 0 N–H and O–H groups in total. The Hall–Kier alpha value is -2.77. The Morgan fingerprint density at radius 2 is 1.71 bits per heavy atom. The summed E-state index contributed by atoms with van der Waals surface area (Å²) in [5, 5.41) is 0.492. The number of piperazine rings is 1. The van der Waals surface area contributed by atoms with Crippen molar-refractivity contribution in [2.75, 3.05) is 44.7 Å². The van der Waals surface area contributed by atoms with E-state index in [9.17, 15) is 9.59 Å². The maximum absolute atomic E-state index is 13.0. The number of anilines is 1. The molecule has 7 nitrogen and oxygen atoms in total. The summed E-state index contributed by atoms with van der Waals surface area (Å²) in [5.74, 6) is 0.891. The molecule has 8 heteroatoms. The number of carbonyl (C=O) groups is 2. The van der Waals surface area contributed by atoms with E-state index >= 15 is 0 Å². The standard InChI is InChI=1S/C27H32ClN3O4/c1-34-25-17-19(28)5-10-24(25)27(33)30-15-16-31(26(32)18-30)21-6-8-22(9-7-21)35-23-11-13-29(14-12-23)20-3-2-4-20/h5-10,17,20,23H,2-4,11-16,18H2,1H3. The van der Waals surface area contributed by atoms with Gasteiger partial charge in [0.2, 0.25) is 5.91 Å². The van der Waals surface area contributed by atoms with Gasteiger partial charge in [0, 0.05) is 42.9 Å². The Labute approximate surface area is 211 Å². The van der Waals surface area contributed by atoms with E-state index in [1.807, 2.05) is 24.3 Å². The van der Waals surface area contributed by atoms with Crippen LogP contribution >= 0.6 is 11.6 Å². The highest BCUT2D eigenvalue weighted by molar-refractivity contribution is 6.30. The van der Waals surface area contributed by atoms with Gasteiger partial charge >= 0.3 is 0 Å². The second-order valence-corrected chi connectivity index (χ2v) is 9.98. The lowest BCUT2D eigenvalue weighted by atomic mass is 9.90. The molecule has 3 fully saturated rings. The lowest BCUT2D eigenvalue weighted by Gasteiger charge is -2.41. The number of ether oxygens (including phenoxy) is 2. The molecule has 2 heterocycles. The number of carbonyl (C=O) groups excluding carboxylic acids is 2. The van der Waals surface area contributed by atoms with Gasteiger partial charge in [-0.3, -0.25) is 9.59 Å². The minimum atomic E-state index is -0.237. The zero-order chi connectivity index (χ0) is 24.4. The van der Waals surface area contributed by atoms with Crippen LogP contribution in [0.3, 0.4) is 0 Å². The van der Waals surface area contributed by atoms with Crippen LogP contribution in [0.1, 0.15) is 42.5 Å². The number of amides is 2. The van der Waals surface area contributed by atoms with Gasteiger partial charge in [0.05, 0.1) is 12.7 Å². The predicted molar refractivity (Wildman–Crippen MR) is 136 cm³/mol. The van der Waals surface area contributed by atoms with Gasteiger partial charge in [0.15, 0.2) is 0 Å². The van der Waals surface area contributed by atoms with E-state index in [0.29, 0.717) is 29.4 Å². The molecule has 2 aliphatic heterocycles. The topological polar surface area (TPSA) is 62.3 Å². The van der Waals surface area contributed by atoms with Crippen LogP contribution in [0.25, 0.3) is 0 Å². The minimum Gasteiger partial charge on any atom is -0.496 e. The zero-order valence-corrected chi connectivity index (χ0v) is 20.9. The van der Waals surface area contributed by atoms with Crippen molar-refractivity contribution < 1.29 is 19.1 Å². The van der Waals surface area contributed by atoms with Gasteiger partial charge in [-0.2, -0.15) is 0 Å². The normalized spacial score (nSPS) is 20.0. The fourth-order valence-electron chi connectivity index (χ4n) is 5.14. The van der Waals surface area contributed by atoms with Crippen LogP contribution < -0.4 is 14.4 Å². The molecule has 0 unspecified atom stereocenters. The van der Waals surface area contributed by atoms with Crippen molar-refractivity contribution in [2.45, 2.75) is 44.2 Å². The van der Waals surface area contributed by atoms with Crippen LogP contribution in [-0.2, 0) is 4.79 Å². The number of methoxy groups -OCH3 is 1. The number of rotatable bonds is 6. The van der Waals surface area contributed by atoms with Crippen molar-refractivity contribution in [1.82, 2.24) is 9.80 Å². The van der Waals surface area contributed by atoms with Crippen LogP contribution in [0.2, 0.25) is 5.02 Å². The van der Waals surface area contributed by atoms with Crippen molar-refractivity contribution in [2.24, 2.45) is 0 Å². The molecular weight excluding hydrogens is 466 g/mol. The highest BCUT2D eigenvalue weighted by atomic mass is 35.5. The SMILES string of the molecule is COc1cc(Cl)ccc1C(=O)N1CCN(c2ccc(OC3CCN(C4CCC4)CC3)cc2)C(=O)C1. The number of nitrogens with zero attached hydrogens (tertiary/aromatic N) is 3. The Balaban J connectivity index is 1.15. The minimum absolute atomic E-state index is 0.0163. The largest absolute Gasteiger partial charge is 0.496 e. The third-order valence-electron chi connectivity index (χ3n) is 7.42. The van der Waals surface area contributed by atoms with Gasteiger partial charge in [0.25, 0.3) is 5.91 Å². The summed E-state index contributed by atoms with van der Waals surface area (Å²) in [5.41, 5.74) is 1.22. The number of hydrogen-bond acceptors (Lipinski definition) is 5. The molecule has 0 aromatic heterocycles. The highest BCUT2D eigenvalue weighted by Gasteiger charge is 2.31. The second-order valence-electron chi connectivity index (χ2n) is 9.55. The average Bonchev–Trinajstić information content (AvgIpc) is 2.84. The molecule has 5 rings (SSSR count). The fourth-order valence-corrected chi connectivity index (χ4v) is 5.30. The quantitative estimate of drug-likeness (QED) is 0.597.